The number of benzene rings is 2. The minimum absolute atomic E-state index is 0.120. The number of nitrogens with zero attached hydrogens (tertiary/aromatic N) is 1. The van der Waals surface area contributed by atoms with Crippen molar-refractivity contribution in [2.24, 2.45) is 0 Å². The standard InChI is InChI=1S/C19H19N/c1-2-20-11-10-15(13-20)17-8-5-9-18-16-7-4-3-6-14(16)12-19(17)18/h3-11,15H,2,12-13H2,1H3/i1D3. The van der Waals surface area contributed by atoms with Crippen LogP contribution in [0.5, 0.6) is 0 Å². The van der Waals surface area contributed by atoms with E-state index < -0.39 is 6.85 Å². The summed E-state index contributed by atoms with van der Waals surface area (Å²) in [5, 5.41) is 0. The molecule has 0 bridgehead atoms. The summed E-state index contributed by atoms with van der Waals surface area (Å²) in [6, 6.07) is 15.1. The van der Waals surface area contributed by atoms with Gasteiger partial charge in [0.1, 0.15) is 0 Å². The van der Waals surface area contributed by atoms with E-state index in [-0.39, 0.29) is 12.5 Å². The molecule has 100 valence electrons. The number of hydrogen-bond donors (Lipinski definition) is 0. The predicted molar refractivity (Wildman–Crippen MR) is 83.8 cm³/mol. The number of fused-ring (bicyclic) bond motifs is 3. The van der Waals surface area contributed by atoms with Crippen LogP contribution in [0, 0.1) is 0 Å². The second-order valence-electron chi connectivity index (χ2n) is 5.58. The lowest BCUT2D eigenvalue weighted by molar-refractivity contribution is 0.414. The lowest BCUT2D eigenvalue weighted by Crippen LogP contribution is -2.17. The third kappa shape index (κ3) is 1.70. The highest BCUT2D eigenvalue weighted by Crippen LogP contribution is 2.41. The third-order valence-electron chi connectivity index (χ3n) is 4.45. The first kappa shape index (κ1) is 9.02. The Kier molecular flexibility index (Phi) is 2.04. The summed E-state index contributed by atoms with van der Waals surface area (Å²) in [7, 11) is 0. The van der Waals surface area contributed by atoms with Crippen molar-refractivity contribution in [1.82, 2.24) is 4.90 Å². The Balaban J connectivity index is 1.62. The van der Waals surface area contributed by atoms with Crippen molar-refractivity contribution in [2.75, 3.05) is 13.1 Å². The molecule has 20 heavy (non-hydrogen) atoms. The van der Waals surface area contributed by atoms with Crippen LogP contribution in [-0.2, 0) is 6.42 Å². The molecule has 2 aromatic carbocycles. The largest absolute Gasteiger partial charge is 0.377 e. The number of rotatable bonds is 2. The highest BCUT2D eigenvalue weighted by molar-refractivity contribution is 5.78. The van der Waals surface area contributed by atoms with Crippen LogP contribution in [0.4, 0.5) is 0 Å². The molecule has 0 amide bonds. The molecule has 1 aliphatic heterocycles. The molecule has 2 aromatic rings. The average molecular weight is 264 g/mol. The van der Waals surface area contributed by atoms with Gasteiger partial charge in [0.15, 0.2) is 0 Å². The molecule has 1 aliphatic carbocycles. The Hall–Kier alpha value is -2.02. The number of hydrogen-bond acceptors (Lipinski definition) is 1. The molecule has 0 aromatic heterocycles. The molecule has 0 radical (unpaired) electrons. The molecule has 2 aliphatic rings. The second-order valence-corrected chi connectivity index (χ2v) is 5.58. The van der Waals surface area contributed by atoms with Gasteiger partial charge in [-0.05, 0) is 47.3 Å². The van der Waals surface area contributed by atoms with E-state index in [0.717, 1.165) is 13.0 Å². The van der Waals surface area contributed by atoms with Gasteiger partial charge in [-0.25, -0.2) is 0 Å². The van der Waals surface area contributed by atoms with Crippen LogP contribution in [0.2, 0.25) is 0 Å². The van der Waals surface area contributed by atoms with Crippen LogP contribution in [0.1, 0.15) is 33.6 Å². The average Bonchev–Trinajstić information content (AvgIpc) is 3.09. The molecule has 1 atom stereocenters. The van der Waals surface area contributed by atoms with Gasteiger partial charge in [-0.3, -0.25) is 0 Å². The van der Waals surface area contributed by atoms with E-state index in [9.17, 15) is 0 Å². The fraction of sp³-hybridized carbons (Fsp3) is 0.263. The lowest BCUT2D eigenvalue weighted by Gasteiger charge is -2.18. The molecule has 4 rings (SSSR count). The molecule has 1 heterocycles. The van der Waals surface area contributed by atoms with Gasteiger partial charge in [-0.2, -0.15) is 0 Å². The summed E-state index contributed by atoms with van der Waals surface area (Å²) >= 11 is 0. The van der Waals surface area contributed by atoms with Crippen molar-refractivity contribution in [3.8, 4) is 11.1 Å². The topological polar surface area (TPSA) is 3.24 Å². The second kappa shape index (κ2) is 4.52. The zero-order valence-corrected chi connectivity index (χ0v) is 11.3. The summed E-state index contributed by atoms with van der Waals surface area (Å²) in [5.74, 6) is 0.279. The fourth-order valence-corrected chi connectivity index (χ4v) is 3.45. The lowest BCUT2D eigenvalue weighted by atomic mass is 9.92. The van der Waals surface area contributed by atoms with Gasteiger partial charge < -0.3 is 4.90 Å². The zero-order valence-electron chi connectivity index (χ0n) is 14.3. The van der Waals surface area contributed by atoms with Gasteiger partial charge in [0, 0.05) is 23.1 Å². The maximum absolute atomic E-state index is 7.44. The van der Waals surface area contributed by atoms with Crippen LogP contribution in [0.3, 0.4) is 0 Å². The Bertz CT molecular complexity index is 776. The van der Waals surface area contributed by atoms with E-state index in [1.54, 1.807) is 0 Å². The first-order chi connectivity index (χ1) is 11.0. The molecule has 1 heteroatoms. The molecular formula is C19H19N. The van der Waals surface area contributed by atoms with Crippen LogP contribution >= 0.6 is 0 Å². The van der Waals surface area contributed by atoms with Crippen molar-refractivity contribution in [3.05, 3.63) is 71.4 Å². The summed E-state index contributed by atoms with van der Waals surface area (Å²) in [5.41, 5.74) is 6.80. The fourth-order valence-electron chi connectivity index (χ4n) is 3.45. The Morgan fingerprint density at radius 3 is 3.00 bits per heavy atom. The maximum Gasteiger partial charge on any atom is 0.0276 e. The van der Waals surface area contributed by atoms with Crippen molar-refractivity contribution in [1.29, 1.82) is 0 Å². The summed E-state index contributed by atoms with van der Waals surface area (Å²) < 4.78 is 22.3. The van der Waals surface area contributed by atoms with E-state index in [1.807, 2.05) is 11.1 Å². The van der Waals surface area contributed by atoms with Crippen LogP contribution < -0.4 is 0 Å². The van der Waals surface area contributed by atoms with E-state index in [4.69, 9.17) is 4.11 Å². The summed E-state index contributed by atoms with van der Waals surface area (Å²) in [6.45, 7) is -1.03. The van der Waals surface area contributed by atoms with Crippen LogP contribution in [0.15, 0.2) is 54.7 Å². The van der Waals surface area contributed by atoms with Crippen molar-refractivity contribution >= 4 is 0 Å². The van der Waals surface area contributed by atoms with Gasteiger partial charge in [0.25, 0.3) is 0 Å². The van der Waals surface area contributed by atoms with Crippen molar-refractivity contribution in [3.63, 3.8) is 0 Å². The Morgan fingerprint density at radius 2 is 2.05 bits per heavy atom. The van der Waals surface area contributed by atoms with Gasteiger partial charge in [0.2, 0.25) is 0 Å². The highest BCUT2D eigenvalue weighted by atomic mass is 15.1. The van der Waals surface area contributed by atoms with E-state index in [0.29, 0.717) is 0 Å². The summed E-state index contributed by atoms with van der Waals surface area (Å²) in [4.78, 5) is 1.92. The normalized spacial score (nSPS) is 22.1. The minimum Gasteiger partial charge on any atom is -0.377 e. The monoisotopic (exact) mass is 264 g/mol. The predicted octanol–water partition coefficient (Wildman–Crippen LogP) is 4.19. The van der Waals surface area contributed by atoms with Crippen molar-refractivity contribution < 1.29 is 4.11 Å². The zero-order chi connectivity index (χ0) is 16.0. The third-order valence-corrected chi connectivity index (χ3v) is 4.45. The minimum atomic E-state index is -1.91. The molecule has 0 fully saturated rings. The Labute approximate surface area is 124 Å². The van der Waals surface area contributed by atoms with Gasteiger partial charge in [-0.15, -0.1) is 0 Å². The first-order valence-corrected chi connectivity index (χ1v) is 7.14. The van der Waals surface area contributed by atoms with Gasteiger partial charge in [-0.1, -0.05) is 48.5 Å². The molecule has 0 saturated carbocycles. The quantitative estimate of drug-likeness (QED) is 0.671. The Morgan fingerprint density at radius 1 is 1.15 bits per heavy atom. The number of likely N-dealkylation sites (N-methyl/N-ethyl adjacent to an activating group) is 1. The molecule has 0 saturated heterocycles. The molecule has 0 N–H and O–H groups in total. The SMILES string of the molecule is [2H]C([2H])([2H])CN1C=CC(c2cccc3c2Cc2ccccc2-3)C1. The molecular weight excluding hydrogens is 242 g/mol. The van der Waals surface area contributed by atoms with Crippen LogP contribution in [-0.4, -0.2) is 18.0 Å². The van der Waals surface area contributed by atoms with E-state index >= 15 is 0 Å². The molecule has 1 nitrogen and oxygen atoms in total. The van der Waals surface area contributed by atoms with Crippen molar-refractivity contribution in [2.45, 2.75) is 19.2 Å². The summed E-state index contributed by atoms with van der Waals surface area (Å²) in [6.07, 6.45) is 5.06. The first-order valence-electron chi connectivity index (χ1n) is 8.64. The molecule has 0 spiro atoms. The van der Waals surface area contributed by atoms with Crippen LogP contribution in [0.25, 0.3) is 11.1 Å². The smallest absolute Gasteiger partial charge is 0.0276 e. The highest BCUT2D eigenvalue weighted by Gasteiger charge is 2.25. The van der Waals surface area contributed by atoms with Gasteiger partial charge >= 0.3 is 0 Å². The van der Waals surface area contributed by atoms with E-state index in [2.05, 4.69) is 48.5 Å². The van der Waals surface area contributed by atoms with Gasteiger partial charge in [0.05, 0.1) is 0 Å². The van der Waals surface area contributed by atoms with E-state index in [1.165, 1.54) is 27.8 Å². The molecule has 1 unspecified atom stereocenters. The maximum atomic E-state index is 7.44.